The lowest BCUT2D eigenvalue weighted by atomic mass is 10.2. The second-order valence-electron chi connectivity index (χ2n) is 5.90. The lowest BCUT2D eigenvalue weighted by Crippen LogP contribution is -1.99. The number of aromatic nitrogens is 1. The van der Waals surface area contributed by atoms with E-state index in [9.17, 15) is 0 Å². The van der Waals surface area contributed by atoms with Gasteiger partial charge in [0.25, 0.3) is 0 Å². The summed E-state index contributed by atoms with van der Waals surface area (Å²) in [6, 6.07) is 14.6. The molecular weight excluding hydrogens is 555 g/mol. The molecule has 0 fully saturated rings. The molecule has 5 heteroatoms. The fourth-order valence-electron chi connectivity index (χ4n) is 2.80. The van der Waals surface area contributed by atoms with Crippen molar-refractivity contribution in [1.82, 2.24) is 4.57 Å². The molecule has 0 N–H and O–H groups in total. The molecule has 3 aromatic rings. The third-order valence-electron chi connectivity index (χ3n) is 4.18. The van der Waals surface area contributed by atoms with E-state index in [0.29, 0.717) is 0 Å². The van der Waals surface area contributed by atoms with Gasteiger partial charge in [0.1, 0.15) is 0 Å². The highest BCUT2D eigenvalue weighted by molar-refractivity contribution is 14.1. The molecule has 0 atom stereocenters. The molecule has 0 bridgehead atoms. The van der Waals surface area contributed by atoms with Crippen LogP contribution in [-0.4, -0.2) is 10.8 Å². The van der Waals surface area contributed by atoms with Crippen molar-refractivity contribution in [2.24, 2.45) is 4.99 Å². The summed E-state index contributed by atoms with van der Waals surface area (Å²) in [4.78, 5) is 4.68. The van der Waals surface area contributed by atoms with Gasteiger partial charge in [-0.25, -0.2) is 0 Å². The highest BCUT2D eigenvalue weighted by Crippen LogP contribution is 2.30. The lowest BCUT2D eigenvalue weighted by molar-refractivity contribution is 0.962. The first-order valence-electron chi connectivity index (χ1n) is 7.82. The summed E-state index contributed by atoms with van der Waals surface area (Å²) in [5, 5.41) is 0. The minimum Gasteiger partial charge on any atom is -0.317 e. The van der Waals surface area contributed by atoms with Crippen LogP contribution in [0.2, 0.25) is 0 Å². The lowest BCUT2D eigenvalue weighted by Gasteiger charge is -2.09. The molecule has 2 aromatic carbocycles. The minimum atomic E-state index is 0.971. The van der Waals surface area contributed by atoms with Crippen LogP contribution in [0.4, 0.5) is 5.69 Å². The zero-order valence-corrected chi connectivity index (χ0v) is 19.5. The van der Waals surface area contributed by atoms with Crippen LogP contribution < -0.4 is 0 Å². The number of aliphatic imine (C=N–C) groups is 1. The van der Waals surface area contributed by atoms with E-state index >= 15 is 0 Å². The summed E-state index contributed by atoms with van der Waals surface area (Å²) in [7, 11) is 0. The molecule has 0 radical (unpaired) electrons. The second kappa shape index (κ2) is 7.76. The first kappa shape index (κ1) is 18.9. The van der Waals surface area contributed by atoms with Crippen LogP contribution in [0.1, 0.15) is 22.5 Å². The third kappa shape index (κ3) is 3.93. The van der Waals surface area contributed by atoms with Crippen molar-refractivity contribution in [3.8, 4) is 5.69 Å². The molecule has 25 heavy (non-hydrogen) atoms. The monoisotopic (exact) mass is 570 g/mol. The maximum atomic E-state index is 4.68. The topological polar surface area (TPSA) is 17.3 Å². The van der Waals surface area contributed by atoms with E-state index in [2.05, 4.69) is 121 Å². The van der Waals surface area contributed by atoms with Gasteiger partial charge >= 0.3 is 0 Å². The Morgan fingerprint density at radius 1 is 0.960 bits per heavy atom. The predicted octanol–water partition coefficient (Wildman–Crippen LogP) is 7.28. The molecule has 1 aromatic heterocycles. The number of hydrogen-bond acceptors (Lipinski definition) is 1. The summed E-state index contributed by atoms with van der Waals surface area (Å²) >= 11 is 9.58. The second-order valence-corrected chi connectivity index (χ2v) is 8.77. The molecule has 0 aliphatic heterocycles. The number of nitrogens with zero attached hydrogens (tertiary/aromatic N) is 2. The number of aryl methyl sites for hydroxylation is 1. The molecule has 0 amide bonds. The van der Waals surface area contributed by atoms with E-state index in [-0.39, 0.29) is 0 Å². The van der Waals surface area contributed by atoms with Gasteiger partial charge in [0.15, 0.2) is 0 Å². The molecule has 3 rings (SSSR count). The minimum absolute atomic E-state index is 0.971. The van der Waals surface area contributed by atoms with E-state index in [4.69, 9.17) is 0 Å². The van der Waals surface area contributed by atoms with Crippen molar-refractivity contribution in [2.45, 2.75) is 20.8 Å². The predicted molar refractivity (Wildman–Crippen MR) is 122 cm³/mol. The van der Waals surface area contributed by atoms with E-state index in [0.717, 1.165) is 31.6 Å². The van der Waals surface area contributed by atoms with Gasteiger partial charge in [-0.1, -0.05) is 15.9 Å². The molecule has 0 saturated heterocycles. The van der Waals surface area contributed by atoms with Gasteiger partial charge < -0.3 is 4.57 Å². The first-order chi connectivity index (χ1) is 11.9. The Bertz CT molecular complexity index is 957. The molecule has 0 unspecified atom stereocenters. The van der Waals surface area contributed by atoms with Crippen LogP contribution in [0.5, 0.6) is 0 Å². The molecule has 128 valence electrons. The quantitative estimate of drug-likeness (QED) is 0.232. The Morgan fingerprint density at radius 3 is 2.28 bits per heavy atom. The van der Waals surface area contributed by atoms with Gasteiger partial charge in [-0.05, 0) is 107 Å². The highest BCUT2D eigenvalue weighted by atomic mass is 127. The molecule has 0 aliphatic rings. The molecular formula is C20H17Br2IN2. The number of halogens is 3. The van der Waals surface area contributed by atoms with Crippen LogP contribution in [0.25, 0.3) is 5.69 Å². The van der Waals surface area contributed by atoms with Crippen molar-refractivity contribution >= 4 is 66.4 Å². The van der Waals surface area contributed by atoms with E-state index in [1.165, 1.54) is 14.8 Å². The Labute approximate surface area is 178 Å². The van der Waals surface area contributed by atoms with Gasteiger partial charge in [0.05, 0.1) is 5.69 Å². The van der Waals surface area contributed by atoms with Gasteiger partial charge in [-0.3, -0.25) is 4.99 Å². The zero-order chi connectivity index (χ0) is 18.1. The Hall–Kier alpha value is -0.920. The fourth-order valence-corrected chi connectivity index (χ4v) is 3.97. The standard InChI is InChI=1S/C20H17Br2IN2/c1-12-10-16(6-9-19(12)23)24-11-18-13(2)25(14(3)20(18)22)17-7-4-15(21)5-8-17/h4-11H,1-3H3. The molecule has 2 nitrogen and oxygen atoms in total. The Balaban J connectivity index is 2.02. The smallest absolute Gasteiger partial charge is 0.0633 e. The normalized spacial score (nSPS) is 11.4. The van der Waals surface area contributed by atoms with Gasteiger partial charge in [-0.2, -0.15) is 0 Å². The maximum absolute atomic E-state index is 4.68. The summed E-state index contributed by atoms with van der Waals surface area (Å²) in [5.74, 6) is 0. The molecule has 1 heterocycles. The average molecular weight is 572 g/mol. The van der Waals surface area contributed by atoms with Crippen molar-refractivity contribution in [3.63, 3.8) is 0 Å². The summed E-state index contributed by atoms with van der Waals surface area (Å²) in [5.41, 5.74) is 6.80. The van der Waals surface area contributed by atoms with Crippen LogP contribution in [-0.2, 0) is 0 Å². The average Bonchev–Trinajstić information content (AvgIpc) is 2.80. The molecule has 0 aliphatic carbocycles. The van der Waals surface area contributed by atoms with Gasteiger partial charge in [0, 0.05) is 41.4 Å². The van der Waals surface area contributed by atoms with Crippen molar-refractivity contribution in [1.29, 1.82) is 0 Å². The maximum Gasteiger partial charge on any atom is 0.0633 e. The summed E-state index contributed by atoms with van der Waals surface area (Å²) in [6.07, 6.45) is 1.95. The Morgan fingerprint density at radius 2 is 1.64 bits per heavy atom. The zero-order valence-electron chi connectivity index (χ0n) is 14.1. The largest absolute Gasteiger partial charge is 0.317 e. The van der Waals surface area contributed by atoms with Crippen LogP contribution in [0, 0.1) is 24.3 Å². The van der Waals surface area contributed by atoms with E-state index in [1.807, 2.05) is 12.3 Å². The van der Waals surface area contributed by atoms with E-state index < -0.39 is 0 Å². The highest BCUT2D eigenvalue weighted by Gasteiger charge is 2.15. The van der Waals surface area contributed by atoms with Crippen molar-refractivity contribution in [3.05, 3.63) is 77.5 Å². The van der Waals surface area contributed by atoms with Gasteiger partial charge in [-0.15, -0.1) is 0 Å². The third-order valence-corrected chi connectivity index (χ3v) is 6.92. The summed E-state index contributed by atoms with van der Waals surface area (Å²) < 4.78 is 5.66. The SMILES string of the molecule is Cc1cc(N=Cc2c(Br)c(C)n(-c3ccc(Br)cc3)c2C)ccc1I. The molecule has 0 saturated carbocycles. The van der Waals surface area contributed by atoms with Crippen LogP contribution in [0.3, 0.4) is 0 Å². The van der Waals surface area contributed by atoms with Crippen molar-refractivity contribution in [2.75, 3.05) is 0 Å². The van der Waals surface area contributed by atoms with E-state index in [1.54, 1.807) is 0 Å². The number of rotatable bonds is 3. The van der Waals surface area contributed by atoms with Crippen molar-refractivity contribution < 1.29 is 0 Å². The Kier molecular flexibility index (Phi) is 5.85. The fraction of sp³-hybridized carbons (Fsp3) is 0.150. The van der Waals surface area contributed by atoms with Crippen LogP contribution in [0.15, 0.2) is 56.4 Å². The summed E-state index contributed by atoms with van der Waals surface area (Å²) in [6.45, 7) is 6.35. The van der Waals surface area contributed by atoms with Crippen LogP contribution >= 0.6 is 54.5 Å². The first-order valence-corrected chi connectivity index (χ1v) is 10.5. The number of hydrogen-bond donors (Lipinski definition) is 0. The van der Waals surface area contributed by atoms with Gasteiger partial charge in [0.2, 0.25) is 0 Å². The molecule has 0 spiro atoms. The number of benzene rings is 2.